The highest BCUT2D eigenvalue weighted by atomic mass is 35.5. The average Bonchev–Trinajstić information content (AvgIpc) is 2.69. The molecule has 1 saturated heterocycles. The Morgan fingerprint density at radius 2 is 2.19 bits per heavy atom. The first-order chi connectivity index (χ1) is 7.48. The molecule has 88 valence electrons. The Hall–Kier alpha value is -0.580. The van der Waals surface area contributed by atoms with Crippen LogP contribution in [0.3, 0.4) is 0 Å². The molecule has 1 heterocycles. The molecule has 0 spiro atoms. The lowest BCUT2D eigenvalue weighted by Crippen LogP contribution is -2.14. The van der Waals surface area contributed by atoms with Gasteiger partial charge in [-0.15, -0.1) is 0 Å². The second-order valence-electron chi connectivity index (χ2n) is 4.10. The van der Waals surface area contributed by atoms with Crippen molar-refractivity contribution in [3.63, 3.8) is 0 Å². The van der Waals surface area contributed by atoms with E-state index in [-0.39, 0.29) is 6.04 Å². The lowest BCUT2D eigenvalue weighted by molar-refractivity contribution is 0.600. The summed E-state index contributed by atoms with van der Waals surface area (Å²) in [4.78, 5) is 0.334. The van der Waals surface area contributed by atoms with Gasteiger partial charge in [0.2, 0.25) is 0 Å². The molecule has 1 aromatic rings. The molecule has 0 aromatic heterocycles. The standard InChI is InChI=1S/C11H14ClNO2S/c1-16(14,15)8-4-5-10(12)9(7-8)11-3-2-6-13-11/h4-5,7,11,13H,2-3,6H2,1H3. The summed E-state index contributed by atoms with van der Waals surface area (Å²) in [5.41, 5.74) is 0.891. The predicted molar refractivity (Wildman–Crippen MR) is 64.5 cm³/mol. The van der Waals surface area contributed by atoms with Crippen LogP contribution in [0.1, 0.15) is 24.4 Å². The molecule has 0 saturated carbocycles. The molecular formula is C11H14ClNO2S. The Morgan fingerprint density at radius 3 is 2.75 bits per heavy atom. The lowest BCUT2D eigenvalue weighted by atomic mass is 10.1. The van der Waals surface area contributed by atoms with Crippen LogP contribution in [0.5, 0.6) is 0 Å². The summed E-state index contributed by atoms with van der Waals surface area (Å²) < 4.78 is 22.9. The number of nitrogens with one attached hydrogen (secondary N) is 1. The molecule has 2 rings (SSSR count). The molecule has 3 nitrogen and oxygen atoms in total. The highest BCUT2D eigenvalue weighted by Gasteiger charge is 2.20. The van der Waals surface area contributed by atoms with Gasteiger partial charge in [0, 0.05) is 17.3 Å². The number of benzene rings is 1. The largest absolute Gasteiger partial charge is 0.310 e. The first-order valence-corrected chi connectivity index (χ1v) is 7.48. The van der Waals surface area contributed by atoms with Crippen LogP contribution in [0.15, 0.2) is 23.1 Å². The van der Waals surface area contributed by atoms with Gasteiger partial charge in [0.05, 0.1) is 4.90 Å². The second-order valence-corrected chi connectivity index (χ2v) is 6.53. The summed E-state index contributed by atoms with van der Waals surface area (Å²) in [7, 11) is -3.16. The minimum atomic E-state index is -3.16. The van der Waals surface area contributed by atoms with Crippen LogP contribution < -0.4 is 5.32 Å². The zero-order valence-corrected chi connectivity index (χ0v) is 10.6. The van der Waals surface area contributed by atoms with Crippen molar-refractivity contribution < 1.29 is 8.42 Å². The van der Waals surface area contributed by atoms with E-state index in [0.717, 1.165) is 24.9 Å². The minimum absolute atomic E-state index is 0.189. The van der Waals surface area contributed by atoms with E-state index in [1.54, 1.807) is 18.2 Å². The average molecular weight is 260 g/mol. The lowest BCUT2D eigenvalue weighted by Gasteiger charge is -2.13. The molecule has 1 atom stereocenters. The van der Waals surface area contributed by atoms with Crippen LogP contribution >= 0.6 is 11.6 Å². The fourth-order valence-electron chi connectivity index (χ4n) is 1.97. The highest BCUT2D eigenvalue weighted by molar-refractivity contribution is 7.90. The highest BCUT2D eigenvalue weighted by Crippen LogP contribution is 2.30. The molecule has 5 heteroatoms. The second kappa shape index (κ2) is 4.35. The molecule has 16 heavy (non-hydrogen) atoms. The van der Waals surface area contributed by atoms with Gasteiger partial charge in [0.15, 0.2) is 9.84 Å². The Kier molecular flexibility index (Phi) is 3.24. The molecule has 0 aliphatic carbocycles. The first-order valence-electron chi connectivity index (χ1n) is 5.21. The SMILES string of the molecule is CS(=O)(=O)c1ccc(Cl)c(C2CCCN2)c1. The van der Waals surface area contributed by atoms with Gasteiger partial charge in [-0.2, -0.15) is 0 Å². The fraction of sp³-hybridized carbons (Fsp3) is 0.455. The van der Waals surface area contributed by atoms with Gasteiger partial charge in [0.25, 0.3) is 0 Å². The monoisotopic (exact) mass is 259 g/mol. The smallest absolute Gasteiger partial charge is 0.175 e. The molecule has 1 fully saturated rings. The fourth-order valence-corrected chi connectivity index (χ4v) is 2.88. The van der Waals surface area contributed by atoms with Crippen molar-refractivity contribution in [2.75, 3.05) is 12.8 Å². The van der Waals surface area contributed by atoms with E-state index in [2.05, 4.69) is 5.32 Å². The van der Waals surface area contributed by atoms with Crippen LogP contribution in [0.2, 0.25) is 5.02 Å². The van der Waals surface area contributed by atoms with E-state index in [1.807, 2.05) is 0 Å². The molecule has 1 unspecified atom stereocenters. The maximum atomic E-state index is 11.4. The van der Waals surface area contributed by atoms with Gasteiger partial charge in [0.1, 0.15) is 0 Å². The summed E-state index contributed by atoms with van der Waals surface area (Å²) in [5, 5.41) is 3.94. The molecule has 1 aliphatic heterocycles. The van der Waals surface area contributed by atoms with Crippen LogP contribution in [0.25, 0.3) is 0 Å². The Balaban J connectivity index is 2.44. The summed E-state index contributed by atoms with van der Waals surface area (Å²) >= 11 is 6.09. The third-order valence-electron chi connectivity index (χ3n) is 2.83. The third-order valence-corrected chi connectivity index (χ3v) is 4.29. The van der Waals surface area contributed by atoms with E-state index in [0.29, 0.717) is 9.92 Å². The van der Waals surface area contributed by atoms with E-state index in [1.165, 1.54) is 6.26 Å². The van der Waals surface area contributed by atoms with Gasteiger partial charge in [-0.05, 0) is 43.1 Å². The van der Waals surface area contributed by atoms with Crippen molar-refractivity contribution >= 4 is 21.4 Å². The molecule has 1 N–H and O–H groups in total. The van der Waals surface area contributed by atoms with E-state index in [4.69, 9.17) is 11.6 Å². The molecule has 0 amide bonds. The molecule has 0 radical (unpaired) electrons. The maximum absolute atomic E-state index is 11.4. The van der Waals surface area contributed by atoms with Crippen molar-refractivity contribution in [2.45, 2.75) is 23.8 Å². The number of hydrogen-bond donors (Lipinski definition) is 1. The van der Waals surface area contributed by atoms with E-state index < -0.39 is 9.84 Å². The quantitative estimate of drug-likeness (QED) is 0.886. The van der Waals surface area contributed by atoms with Crippen LogP contribution in [-0.2, 0) is 9.84 Å². The zero-order chi connectivity index (χ0) is 11.8. The summed E-state index contributed by atoms with van der Waals surface area (Å²) in [6, 6.07) is 5.08. The van der Waals surface area contributed by atoms with Crippen LogP contribution in [-0.4, -0.2) is 21.2 Å². The summed E-state index contributed by atoms with van der Waals surface area (Å²) in [6.07, 6.45) is 3.32. The van der Waals surface area contributed by atoms with Crippen molar-refractivity contribution in [3.8, 4) is 0 Å². The number of hydrogen-bond acceptors (Lipinski definition) is 3. The van der Waals surface area contributed by atoms with E-state index >= 15 is 0 Å². The van der Waals surface area contributed by atoms with Crippen molar-refractivity contribution in [1.29, 1.82) is 0 Å². The van der Waals surface area contributed by atoms with E-state index in [9.17, 15) is 8.42 Å². The van der Waals surface area contributed by atoms with Gasteiger partial charge in [-0.25, -0.2) is 8.42 Å². The first kappa shape index (κ1) is 11.9. The van der Waals surface area contributed by atoms with Gasteiger partial charge in [-0.3, -0.25) is 0 Å². The number of sulfone groups is 1. The normalized spacial score (nSPS) is 21.2. The number of rotatable bonds is 2. The van der Waals surface area contributed by atoms with Crippen molar-refractivity contribution in [2.24, 2.45) is 0 Å². The molecule has 1 aromatic carbocycles. The molecule has 0 bridgehead atoms. The van der Waals surface area contributed by atoms with Crippen molar-refractivity contribution in [1.82, 2.24) is 5.32 Å². The van der Waals surface area contributed by atoms with Crippen LogP contribution in [0.4, 0.5) is 0 Å². The van der Waals surface area contributed by atoms with Gasteiger partial charge < -0.3 is 5.32 Å². The Morgan fingerprint density at radius 1 is 1.44 bits per heavy atom. The van der Waals surface area contributed by atoms with Gasteiger partial charge >= 0.3 is 0 Å². The maximum Gasteiger partial charge on any atom is 0.175 e. The molecule has 1 aliphatic rings. The van der Waals surface area contributed by atoms with Crippen LogP contribution in [0, 0.1) is 0 Å². The Labute approximate surface area is 101 Å². The third kappa shape index (κ3) is 2.39. The minimum Gasteiger partial charge on any atom is -0.310 e. The topological polar surface area (TPSA) is 46.2 Å². The zero-order valence-electron chi connectivity index (χ0n) is 9.03. The Bertz CT molecular complexity index is 493. The molecular weight excluding hydrogens is 246 g/mol. The predicted octanol–water partition coefficient (Wildman–Crippen LogP) is 2.17. The van der Waals surface area contributed by atoms with Crippen molar-refractivity contribution in [3.05, 3.63) is 28.8 Å². The van der Waals surface area contributed by atoms with Gasteiger partial charge in [-0.1, -0.05) is 11.6 Å². The summed E-state index contributed by atoms with van der Waals surface area (Å²) in [5.74, 6) is 0. The summed E-state index contributed by atoms with van der Waals surface area (Å²) in [6.45, 7) is 0.962. The number of halogens is 1.